The van der Waals surface area contributed by atoms with Crippen molar-refractivity contribution in [3.05, 3.63) is 5.82 Å². The minimum Gasteiger partial charge on any atom is -0.358 e. The first-order valence-electron chi connectivity index (χ1n) is 5.66. The van der Waals surface area contributed by atoms with E-state index in [4.69, 9.17) is 0 Å². The fourth-order valence-corrected chi connectivity index (χ4v) is 5.17. The Morgan fingerprint density at radius 1 is 1.25 bits per heavy atom. The molecule has 1 aromatic rings. The summed E-state index contributed by atoms with van der Waals surface area (Å²) in [4.78, 5) is 4.63. The standard InChI is InChI=1S/C10H15N3S3/c1-6-8(15-5-4-14-6)9-12-10(16-13-9)11-7-2-3-7/h6-8H,2-5H2,1H3,(H,11,12,13). The molecule has 1 saturated carbocycles. The third-order valence-corrected chi connectivity index (χ3v) is 6.54. The molecule has 0 aromatic carbocycles. The summed E-state index contributed by atoms with van der Waals surface area (Å²) < 4.78 is 4.50. The minimum atomic E-state index is 0.491. The molecule has 88 valence electrons. The molecule has 0 radical (unpaired) electrons. The molecule has 0 amide bonds. The first kappa shape index (κ1) is 11.2. The van der Waals surface area contributed by atoms with Crippen molar-refractivity contribution >= 4 is 40.2 Å². The van der Waals surface area contributed by atoms with Crippen LogP contribution in [0.15, 0.2) is 0 Å². The summed E-state index contributed by atoms with van der Waals surface area (Å²) in [6, 6.07) is 0.673. The molecule has 16 heavy (non-hydrogen) atoms. The highest BCUT2D eigenvalue weighted by molar-refractivity contribution is 8.06. The lowest BCUT2D eigenvalue weighted by atomic mass is 10.3. The molecule has 6 heteroatoms. The number of nitrogens with zero attached hydrogens (tertiary/aromatic N) is 2. The number of aromatic nitrogens is 2. The second kappa shape index (κ2) is 4.74. The predicted molar refractivity (Wildman–Crippen MR) is 73.7 cm³/mol. The summed E-state index contributed by atoms with van der Waals surface area (Å²) in [6.07, 6.45) is 2.58. The monoisotopic (exact) mass is 273 g/mol. The van der Waals surface area contributed by atoms with E-state index in [0.717, 1.165) is 11.0 Å². The molecule has 0 spiro atoms. The van der Waals surface area contributed by atoms with Crippen molar-refractivity contribution in [2.75, 3.05) is 16.8 Å². The van der Waals surface area contributed by atoms with Gasteiger partial charge in [-0.25, -0.2) is 4.98 Å². The molecule has 1 aliphatic heterocycles. The summed E-state index contributed by atoms with van der Waals surface area (Å²) in [5.74, 6) is 3.53. The van der Waals surface area contributed by atoms with E-state index in [-0.39, 0.29) is 0 Å². The van der Waals surface area contributed by atoms with E-state index in [1.165, 1.54) is 35.9 Å². The van der Waals surface area contributed by atoms with E-state index >= 15 is 0 Å². The summed E-state index contributed by atoms with van der Waals surface area (Å²) >= 11 is 5.56. The first-order chi connectivity index (χ1) is 7.83. The molecular formula is C10H15N3S3. The van der Waals surface area contributed by atoms with E-state index < -0.39 is 0 Å². The maximum atomic E-state index is 4.63. The van der Waals surface area contributed by atoms with Crippen LogP contribution < -0.4 is 5.32 Å². The fraction of sp³-hybridized carbons (Fsp3) is 0.800. The lowest BCUT2D eigenvalue weighted by molar-refractivity contribution is 0.848. The zero-order chi connectivity index (χ0) is 11.0. The average molecular weight is 273 g/mol. The SMILES string of the molecule is CC1SCCSC1c1nsc(NC2CC2)n1. The van der Waals surface area contributed by atoms with E-state index in [2.05, 4.69) is 21.6 Å². The number of thioether (sulfide) groups is 2. The lowest BCUT2D eigenvalue weighted by Crippen LogP contribution is -2.16. The van der Waals surface area contributed by atoms with Crippen LogP contribution in [0.1, 0.15) is 30.8 Å². The Bertz CT molecular complexity index is 364. The highest BCUT2D eigenvalue weighted by Crippen LogP contribution is 2.42. The van der Waals surface area contributed by atoms with Gasteiger partial charge in [0.05, 0.1) is 5.25 Å². The predicted octanol–water partition coefficient (Wildman–Crippen LogP) is 3.02. The molecule has 2 fully saturated rings. The lowest BCUT2D eigenvalue weighted by Gasteiger charge is -2.25. The van der Waals surface area contributed by atoms with Gasteiger partial charge in [0.25, 0.3) is 0 Å². The summed E-state index contributed by atoms with van der Waals surface area (Å²) in [6.45, 7) is 2.29. The van der Waals surface area contributed by atoms with Gasteiger partial charge in [-0.3, -0.25) is 0 Å². The Labute approximate surface area is 108 Å². The molecule has 1 saturated heterocycles. The van der Waals surface area contributed by atoms with Crippen LogP contribution in [0.5, 0.6) is 0 Å². The zero-order valence-corrected chi connectivity index (χ0v) is 11.6. The van der Waals surface area contributed by atoms with Gasteiger partial charge < -0.3 is 5.32 Å². The van der Waals surface area contributed by atoms with E-state index in [1.807, 2.05) is 23.5 Å². The molecule has 2 atom stereocenters. The Morgan fingerprint density at radius 2 is 2.06 bits per heavy atom. The number of rotatable bonds is 3. The summed E-state index contributed by atoms with van der Waals surface area (Å²) in [7, 11) is 0. The van der Waals surface area contributed by atoms with Gasteiger partial charge >= 0.3 is 0 Å². The fourth-order valence-electron chi connectivity index (χ4n) is 1.73. The normalized spacial score (nSPS) is 30.3. The van der Waals surface area contributed by atoms with Crippen LogP contribution in [0.4, 0.5) is 5.13 Å². The molecule has 2 unspecified atom stereocenters. The number of nitrogens with one attached hydrogen (secondary N) is 1. The van der Waals surface area contributed by atoms with Crippen LogP contribution in [-0.2, 0) is 0 Å². The molecule has 1 aromatic heterocycles. The Morgan fingerprint density at radius 3 is 2.81 bits per heavy atom. The summed E-state index contributed by atoms with van der Waals surface area (Å²) in [5, 5.41) is 5.57. The Balaban J connectivity index is 1.69. The van der Waals surface area contributed by atoms with Gasteiger partial charge in [0.15, 0.2) is 5.82 Å². The van der Waals surface area contributed by atoms with Gasteiger partial charge in [-0.05, 0) is 12.8 Å². The largest absolute Gasteiger partial charge is 0.358 e. The highest BCUT2D eigenvalue weighted by atomic mass is 32.2. The average Bonchev–Trinajstić information content (AvgIpc) is 2.97. The maximum absolute atomic E-state index is 4.63. The van der Waals surface area contributed by atoms with E-state index in [9.17, 15) is 0 Å². The van der Waals surface area contributed by atoms with Crippen LogP contribution in [0.3, 0.4) is 0 Å². The topological polar surface area (TPSA) is 37.8 Å². The molecule has 2 heterocycles. The molecule has 1 N–H and O–H groups in total. The molecule has 2 aliphatic rings. The quantitative estimate of drug-likeness (QED) is 0.916. The molecule has 1 aliphatic carbocycles. The number of hydrogen-bond acceptors (Lipinski definition) is 6. The second-order valence-corrected chi connectivity index (χ2v) is 7.73. The van der Waals surface area contributed by atoms with Gasteiger partial charge in [-0.2, -0.15) is 16.1 Å². The van der Waals surface area contributed by atoms with Gasteiger partial charge in [-0.15, -0.1) is 11.8 Å². The van der Waals surface area contributed by atoms with Crippen LogP contribution in [0.2, 0.25) is 0 Å². The van der Waals surface area contributed by atoms with Crippen LogP contribution >= 0.6 is 35.1 Å². The van der Waals surface area contributed by atoms with Crippen molar-refractivity contribution in [3.8, 4) is 0 Å². The molecule has 3 nitrogen and oxygen atoms in total. The van der Waals surface area contributed by atoms with Gasteiger partial charge in [0.1, 0.15) is 0 Å². The van der Waals surface area contributed by atoms with E-state index in [1.54, 1.807) is 0 Å². The van der Waals surface area contributed by atoms with Gasteiger partial charge in [0.2, 0.25) is 5.13 Å². The number of hydrogen-bond donors (Lipinski definition) is 1. The maximum Gasteiger partial charge on any atom is 0.202 e. The van der Waals surface area contributed by atoms with Crippen molar-refractivity contribution in [1.29, 1.82) is 0 Å². The first-order valence-corrected chi connectivity index (χ1v) is 8.53. The molecular weight excluding hydrogens is 258 g/mol. The number of anilines is 1. The van der Waals surface area contributed by atoms with E-state index in [0.29, 0.717) is 16.5 Å². The van der Waals surface area contributed by atoms with Crippen molar-refractivity contribution < 1.29 is 0 Å². The summed E-state index contributed by atoms with van der Waals surface area (Å²) in [5.41, 5.74) is 0. The van der Waals surface area contributed by atoms with Crippen molar-refractivity contribution in [1.82, 2.24) is 9.36 Å². The molecule has 0 bridgehead atoms. The van der Waals surface area contributed by atoms with Crippen LogP contribution in [-0.4, -0.2) is 32.2 Å². The van der Waals surface area contributed by atoms with Crippen LogP contribution in [0, 0.1) is 0 Å². The smallest absolute Gasteiger partial charge is 0.202 e. The third-order valence-electron chi connectivity index (χ3n) is 2.79. The Kier molecular flexibility index (Phi) is 3.31. The third kappa shape index (κ3) is 2.49. The molecule has 3 rings (SSSR count). The van der Waals surface area contributed by atoms with Crippen LogP contribution in [0.25, 0.3) is 0 Å². The zero-order valence-electron chi connectivity index (χ0n) is 9.18. The van der Waals surface area contributed by atoms with Crippen molar-refractivity contribution in [2.45, 2.75) is 36.3 Å². The van der Waals surface area contributed by atoms with Crippen molar-refractivity contribution in [2.24, 2.45) is 0 Å². The second-order valence-electron chi connectivity index (χ2n) is 4.24. The van der Waals surface area contributed by atoms with Crippen molar-refractivity contribution in [3.63, 3.8) is 0 Å². The highest BCUT2D eigenvalue weighted by Gasteiger charge is 2.28. The van der Waals surface area contributed by atoms with Gasteiger partial charge in [-0.1, -0.05) is 6.92 Å². The minimum absolute atomic E-state index is 0.491. The van der Waals surface area contributed by atoms with Gasteiger partial charge in [0, 0.05) is 34.3 Å². The Hall–Kier alpha value is 0.0600.